The van der Waals surface area contributed by atoms with E-state index in [0.717, 1.165) is 0 Å². The maximum absolute atomic E-state index is 13.1. The monoisotopic (exact) mass is 437 g/mol. The van der Waals surface area contributed by atoms with Crippen LogP contribution in [0, 0.1) is 0 Å². The van der Waals surface area contributed by atoms with E-state index in [-0.39, 0.29) is 32.2 Å². The Morgan fingerprint density at radius 3 is 1.00 bits per heavy atom. The molecule has 0 aliphatic rings. The van der Waals surface area contributed by atoms with E-state index in [2.05, 4.69) is 19.7 Å². The highest BCUT2D eigenvalue weighted by Crippen LogP contribution is 2.55. The molecule has 0 fully saturated rings. The molecule has 26 heavy (non-hydrogen) atoms. The maximum Gasteiger partial charge on any atom is 0.647 e. The summed E-state index contributed by atoms with van der Waals surface area (Å²) in [4.78, 5) is 5.29. The van der Waals surface area contributed by atoms with Crippen molar-refractivity contribution in [3.05, 3.63) is 37.0 Å². The van der Waals surface area contributed by atoms with E-state index < -0.39 is 7.82 Å². The molecule has 0 heterocycles. The van der Waals surface area contributed by atoms with Crippen molar-refractivity contribution in [3.63, 3.8) is 0 Å². The van der Waals surface area contributed by atoms with E-state index in [0.29, 0.717) is 0 Å². The highest BCUT2D eigenvalue weighted by Gasteiger charge is 2.37. The molecule has 0 radical (unpaired) electrons. The predicted molar refractivity (Wildman–Crippen MR) is 117 cm³/mol. The minimum Gasteiger partial charge on any atom is -0.383 e. The van der Waals surface area contributed by atoms with Crippen molar-refractivity contribution in [2.75, 3.05) is 42.3 Å². The van der Waals surface area contributed by atoms with Crippen LogP contribution >= 0.6 is 44.5 Å². The van der Waals surface area contributed by atoms with Crippen molar-refractivity contribution in [3.8, 4) is 0 Å². The summed E-state index contributed by atoms with van der Waals surface area (Å²) in [5.41, 5.74) is 0. The number of rotatable bonds is 9. The van der Waals surface area contributed by atoms with Crippen LogP contribution in [0.1, 0.15) is 0 Å². The number of nitrogens with zero attached hydrogens (tertiary/aromatic N) is 3. The summed E-state index contributed by atoms with van der Waals surface area (Å²) in [6.07, 6.45) is 0. The number of phosphoric acid groups is 1. The van der Waals surface area contributed by atoms with Crippen LogP contribution in [0.3, 0.4) is 0 Å². The third kappa shape index (κ3) is 7.41. The van der Waals surface area contributed by atoms with Gasteiger partial charge in [0.1, 0.15) is 15.0 Å². The number of hydrogen-bond donors (Lipinski definition) is 0. The predicted octanol–water partition coefficient (Wildman–Crippen LogP) is 3.35. The van der Waals surface area contributed by atoms with Crippen LogP contribution in [0.5, 0.6) is 0 Å². The first-order valence-electron chi connectivity index (χ1n) is 7.12. The van der Waals surface area contributed by atoms with E-state index in [1.807, 2.05) is 0 Å². The van der Waals surface area contributed by atoms with Crippen LogP contribution < -0.4 is 0 Å². The van der Waals surface area contributed by atoms with Gasteiger partial charge >= 0.3 is 7.82 Å². The van der Waals surface area contributed by atoms with Crippen molar-refractivity contribution in [1.82, 2.24) is 14.7 Å². The second kappa shape index (κ2) is 10.0. The third-order valence-electron chi connectivity index (χ3n) is 2.60. The van der Waals surface area contributed by atoms with Crippen LogP contribution in [0.4, 0.5) is 0 Å². The molecule has 0 aromatic heterocycles. The van der Waals surface area contributed by atoms with Crippen molar-refractivity contribution < 1.29 is 18.1 Å². The van der Waals surface area contributed by atoms with Gasteiger partial charge in [0.15, 0.2) is 17.3 Å². The summed E-state index contributed by atoms with van der Waals surface area (Å²) in [6.45, 7) is 11.0. The van der Waals surface area contributed by atoms with Crippen molar-refractivity contribution in [2.45, 2.75) is 0 Å². The first-order chi connectivity index (χ1) is 11.7. The van der Waals surface area contributed by atoms with E-state index in [1.165, 1.54) is 0 Å². The SMILES string of the molecule is C=C(OP(=O)(OC(=C)C(=S)N(C)C)OC(=C)C(=S)N(C)C)C(=S)N(C)C. The van der Waals surface area contributed by atoms with Crippen molar-refractivity contribution >= 4 is 59.4 Å². The molecule has 0 bridgehead atoms. The van der Waals surface area contributed by atoms with Crippen LogP contribution in [-0.4, -0.2) is 72.0 Å². The van der Waals surface area contributed by atoms with Gasteiger partial charge in [0.05, 0.1) is 0 Å². The molecule has 0 N–H and O–H groups in total. The molecule has 0 aliphatic carbocycles. The number of thiocarbonyl (C=S) groups is 3. The molecular formula is C15H24N3O4PS3. The smallest absolute Gasteiger partial charge is 0.383 e. The van der Waals surface area contributed by atoms with Gasteiger partial charge in [0.2, 0.25) is 0 Å². The molecule has 146 valence electrons. The molecule has 0 spiro atoms. The van der Waals surface area contributed by atoms with Crippen molar-refractivity contribution in [2.24, 2.45) is 0 Å². The van der Waals surface area contributed by atoms with Crippen LogP contribution in [0.25, 0.3) is 0 Å². The largest absolute Gasteiger partial charge is 0.647 e. The number of phosphoric ester groups is 1. The van der Waals surface area contributed by atoms with Gasteiger partial charge in [-0.1, -0.05) is 56.4 Å². The lowest BCUT2D eigenvalue weighted by atomic mass is 10.5. The van der Waals surface area contributed by atoms with E-state index in [4.69, 9.17) is 50.2 Å². The Morgan fingerprint density at radius 2 is 0.846 bits per heavy atom. The average Bonchev–Trinajstić information content (AvgIpc) is 2.51. The van der Waals surface area contributed by atoms with Crippen LogP contribution in [0.15, 0.2) is 37.0 Å². The fourth-order valence-corrected chi connectivity index (χ4v) is 2.82. The van der Waals surface area contributed by atoms with E-state index in [1.54, 1.807) is 57.0 Å². The number of hydrogen-bond acceptors (Lipinski definition) is 7. The molecule has 0 saturated heterocycles. The zero-order valence-corrected chi connectivity index (χ0v) is 19.1. The molecule has 0 aromatic rings. The zero-order valence-electron chi connectivity index (χ0n) is 15.8. The summed E-state index contributed by atoms with van der Waals surface area (Å²) >= 11 is 15.4. The van der Waals surface area contributed by atoms with Crippen LogP contribution in [0.2, 0.25) is 0 Å². The first-order valence-corrected chi connectivity index (χ1v) is 9.81. The van der Waals surface area contributed by atoms with E-state index >= 15 is 0 Å². The van der Waals surface area contributed by atoms with Gasteiger partial charge in [-0.2, -0.15) is 4.57 Å². The molecule has 0 aliphatic heterocycles. The standard InChI is InChI=1S/C15H24N3O4PS3/c1-10(13(24)16(4)5)20-23(19,21-11(2)14(25)17(6)7)22-12(3)15(26)18(8)9/h1-3H2,4-9H3. The zero-order chi connectivity index (χ0) is 20.8. The average molecular weight is 438 g/mol. The van der Waals surface area contributed by atoms with Gasteiger partial charge in [-0.15, -0.1) is 0 Å². The third-order valence-corrected chi connectivity index (χ3v) is 5.71. The Morgan fingerprint density at radius 1 is 0.654 bits per heavy atom. The molecule has 0 aromatic carbocycles. The Hall–Kier alpha value is -1.48. The van der Waals surface area contributed by atoms with Gasteiger partial charge in [0, 0.05) is 42.3 Å². The van der Waals surface area contributed by atoms with Gasteiger partial charge in [-0.3, -0.25) is 0 Å². The fourth-order valence-electron chi connectivity index (χ4n) is 1.33. The van der Waals surface area contributed by atoms with Gasteiger partial charge in [-0.25, -0.2) is 0 Å². The lowest BCUT2D eigenvalue weighted by Crippen LogP contribution is -2.25. The van der Waals surface area contributed by atoms with Crippen LogP contribution in [-0.2, 0) is 18.1 Å². The van der Waals surface area contributed by atoms with Gasteiger partial charge in [-0.05, 0) is 0 Å². The summed E-state index contributed by atoms with van der Waals surface area (Å²) in [6, 6.07) is 0. The molecule has 0 rings (SSSR count). The summed E-state index contributed by atoms with van der Waals surface area (Å²) in [7, 11) is 5.80. The minimum atomic E-state index is -4.31. The number of likely N-dealkylation sites (N-methyl/N-ethyl adjacent to an activating group) is 3. The second-order valence-corrected chi connectivity index (χ2v) is 8.19. The molecule has 0 unspecified atom stereocenters. The van der Waals surface area contributed by atoms with Crippen molar-refractivity contribution in [1.29, 1.82) is 0 Å². The Balaban J connectivity index is 5.61. The molecule has 0 saturated carbocycles. The molecule has 7 nitrogen and oxygen atoms in total. The molecular weight excluding hydrogens is 413 g/mol. The first kappa shape index (κ1) is 24.5. The highest BCUT2D eigenvalue weighted by molar-refractivity contribution is 7.81. The second-order valence-electron chi connectivity index (χ2n) is 5.59. The lowest BCUT2D eigenvalue weighted by Gasteiger charge is -2.25. The fraction of sp³-hybridized carbons (Fsp3) is 0.400. The Bertz CT molecular complexity index is 599. The maximum atomic E-state index is 13.1. The molecule has 11 heteroatoms. The summed E-state index contributed by atoms with van der Waals surface area (Å²) < 4.78 is 29.1. The topological polar surface area (TPSA) is 54.5 Å². The van der Waals surface area contributed by atoms with Gasteiger partial charge in [0.25, 0.3) is 0 Å². The van der Waals surface area contributed by atoms with E-state index in [9.17, 15) is 4.57 Å². The Labute approximate surface area is 171 Å². The normalized spacial score (nSPS) is 10.2. The highest BCUT2D eigenvalue weighted by atomic mass is 32.1. The quantitative estimate of drug-likeness (QED) is 0.232. The summed E-state index contributed by atoms with van der Waals surface area (Å²) in [5.74, 6) is -0.249. The lowest BCUT2D eigenvalue weighted by molar-refractivity contribution is 0.210. The van der Waals surface area contributed by atoms with Gasteiger partial charge < -0.3 is 28.3 Å². The summed E-state index contributed by atoms with van der Waals surface area (Å²) in [5, 5.41) is 0. The molecule has 0 atom stereocenters. The Kier molecular flexibility index (Phi) is 9.44. The minimum absolute atomic E-state index is 0.0829. The molecule has 0 amide bonds.